The van der Waals surface area contributed by atoms with Crippen molar-refractivity contribution in [3.8, 4) is 0 Å². The molecule has 0 amide bonds. The number of halogens is 1. The molecule has 0 saturated carbocycles. The number of hydrogen-bond donors (Lipinski definition) is 2. The number of unbranched alkanes of at least 4 members (excludes halogenated alkanes) is 2. The maximum atomic E-state index is 10.3. The van der Waals surface area contributed by atoms with E-state index in [-0.39, 0.29) is 18.8 Å². The van der Waals surface area contributed by atoms with Gasteiger partial charge in [-0.05, 0) is 36.8 Å². The van der Waals surface area contributed by atoms with Crippen LogP contribution in [-0.2, 0) is 4.79 Å². The van der Waals surface area contributed by atoms with Crippen molar-refractivity contribution in [2.75, 3.05) is 11.5 Å². The van der Waals surface area contributed by atoms with Gasteiger partial charge in [0.1, 0.15) is 0 Å². The van der Waals surface area contributed by atoms with Crippen LogP contribution in [0, 0.1) is 0 Å². The number of rotatable bonds is 7. The van der Waals surface area contributed by atoms with Crippen molar-refractivity contribution in [1.82, 2.24) is 0 Å². The maximum absolute atomic E-state index is 10.3. The van der Waals surface area contributed by atoms with Crippen molar-refractivity contribution >= 4 is 35.8 Å². The number of aliphatic carboxylic acids is 1. The first kappa shape index (κ1) is 16.1. The average Bonchev–Trinajstić information content (AvgIpc) is 2.23. The molecule has 0 heterocycles. The molecule has 0 radical (unpaired) electrons. The molecular formula is C12H18ClNO2S. The van der Waals surface area contributed by atoms with Crippen molar-refractivity contribution in [2.24, 2.45) is 0 Å². The summed E-state index contributed by atoms with van der Waals surface area (Å²) in [5.41, 5.74) is 6.45. The lowest BCUT2D eigenvalue weighted by molar-refractivity contribution is -0.137. The Balaban J connectivity index is 0.00000256. The molecule has 3 N–H and O–H groups in total. The van der Waals surface area contributed by atoms with E-state index in [4.69, 9.17) is 10.8 Å². The van der Waals surface area contributed by atoms with E-state index in [1.807, 2.05) is 24.3 Å². The van der Waals surface area contributed by atoms with Crippen LogP contribution in [-0.4, -0.2) is 16.8 Å². The van der Waals surface area contributed by atoms with E-state index in [1.54, 1.807) is 11.8 Å². The average molecular weight is 276 g/mol. The lowest BCUT2D eigenvalue weighted by atomic mass is 10.2. The summed E-state index contributed by atoms with van der Waals surface area (Å²) in [4.78, 5) is 11.5. The number of nitrogen functional groups attached to an aromatic ring is 1. The molecule has 1 aromatic carbocycles. The Kier molecular flexibility index (Phi) is 8.72. The van der Waals surface area contributed by atoms with Gasteiger partial charge in [-0.3, -0.25) is 4.79 Å². The normalized spacial score (nSPS) is 9.65. The quantitative estimate of drug-likeness (QED) is 0.455. The van der Waals surface area contributed by atoms with Crippen molar-refractivity contribution in [3.63, 3.8) is 0 Å². The number of nitrogens with two attached hydrogens (primary N) is 1. The Hall–Kier alpha value is -0.870. The zero-order valence-electron chi connectivity index (χ0n) is 9.59. The molecule has 0 saturated heterocycles. The molecule has 0 spiro atoms. The van der Waals surface area contributed by atoms with Gasteiger partial charge in [-0.15, -0.1) is 24.2 Å². The molecule has 0 bridgehead atoms. The molecule has 1 aromatic rings. The summed E-state index contributed by atoms with van der Waals surface area (Å²) in [5.74, 6) is 0.312. The van der Waals surface area contributed by atoms with E-state index in [1.165, 1.54) is 4.90 Å². The number of carboxylic acid groups (broad SMARTS) is 1. The summed E-state index contributed by atoms with van der Waals surface area (Å²) in [7, 11) is 0. The second-order valence-corrected chi connectivity index (χ2v) is 4.79. The molecular weight excluding hydrogens is 258 g/mol. The van der Waals surface area contributed by atoms with Crippen molar-refractivity contribution in [1.29, 1.82) is 0 Å². The standard InChI is InChI=1S/C12H17NO2S.ClH/c13-10-5-4-6-11(9-10)16-8-3-1-2-7-12(14)15;/h4-6,9H,1-3,7-8,13H2,(H,14,15);1H. The van der Waals surface area contributed by atoms with Crippen molar-refractivity contribution < 1.29 is 9.90 Å². The lowest BCUT2D eigenvalue weighted by Gasteiger charge is -2.02. The molecule has 17 heavy (non-hydrogen) atoms. The van der Waals surface area contributed by atoms with Crippen LogP contribution in [0.5, 0.6) is 0 Å². The first-order valence-electron chi connectivity index (χ1n) is 5.38. The van der Waals surface area contributed by atoms with Gasteiger partial charge in [0.15, 0.2) is 0 Å². The Bertz CT molecular complexity index is 347. The second-order valence-electron chi connectivity index (χ2n) is 3.63. The van der Waals surface area contributed by atoms with Gasteiger partial charge in [0, 0.05) is 17.0 Å². The summed E-state index contributed by atoms with van der Waals surface area (Å²) >= 11 is 1.77. The molecule has 0 atom stereocenters. The number of hydrogen-bond acceptors (Lipinski definition) is 3. The SMILES string of the molecule is Cl.Nc1cccc(SCCCCCC(=O)O)c1. The number of carboxylic acids is 1. The fourth-order valence-electron chi connectivity index (χ4n) is 1.35. The van der Waals surface area contributed by atoms with Gasteiger partial charge in [0.25, 0.3) is 0 Å². The maximum Gasteiger partial charge on any atom is 0.303 e. The molecule has 0 fully saturated rings. The van der Waals surface area contributed by atoms with Crippen LogP contribution in [0.3, 0.4) is 0 Å². The molecule has 0 aliphatic heterocycles. The molecule has 96 valence electrons. The molecule has 3 nitrogen and oxygen atoms in total. The highest BCUT2D eigenvalue weighted by Crippen LogP contribution is 2.21. The molecule has 0 aromatic heterocycles. The summed E-state index contributed by atoms with van der Waals surface area (Å²) in [5, 5.41) is 8.46. The van der Waals surface area contributed by atoms with E-state index < -0.39 is 5.97 Å². The monoisotopic (exact) mass is 275 g/mol. The highest BCUT2D eigenvalue weighted by molar-refractivity contribution is 7.99. The van der Waals surface area contributed by atoms with E-state index in [9.17, 15) is 4.79 Å². The third kappa shape index (κ3) is 7.94. The number of carbonyl (C=O) groups is 1. The fraction of sp³-hybridized carbons (Fsp3) is 0.417. The number of thioether (sulfide) groups is 1. The summed E-state index contributed by atoms with van der Waals surface area (Å²) in [6, 6.07) is 7.82. The minimum absolute atomic E-state index is 0. The van der Waals surface area contributed by atoms with Crippen LogP contribution in [0.2, 0.25) is 0 Å². The van der Waals surface area contributed by atoms with Gasteiger partial charge in [0.05, 0.1) is 0 Å². The predicted octanol–water partition coefficient (Wildman–Crippen LogP) is 3.43. The Morgan fingerprint density at radius 3 is 2.71 bits per heavy atom. The minimum atomic E-state index is -0.705. The third-order valence-corrected chi connectivity index (χ3v) is 3.24. The van der Waals surface area contributed by atoms with E-state index in [0.29, 0.717) is 0 Å². The Labute approximate surface area is 112 Å². The number of anilines is 1. The third-order valence-electron chi connectivity index (χ3n) is 2.16. The molecule has 0 unspecified atom stereocenters. The molecule has 0 aliphatic rings. The van der Waals surface area contributed by atoms with Crippen LogP contribution < -0.4 is 5.73 Å². The summed E-state index contributed by atoms with van der Waals surface area (Å²) in [6.07, 6.45) is 3.07. The zero-order valence-corrected chi connectivity index (χ0v) is 11.2. The summed E-state index contributed by atoms with van der Waals surface area (Å²) in [6.45, 7) is 0. The zero-order chi connectivity index (χ0) is 11.8. The topological polar surface area (TPSA) is 63.3 Å². The Morgan fingerprint density at radius 1 is 1.29 bits per heavy atom. The summed E-state index contributed by atoms with van der Waals surface area (Å²) < 4.78 is 0. The Morgan fingerprint density at radius 2 is 2.06 bits per heavy atom. The van der Waals surface area contributed by atoms with Gasteiger partial charge < -0.3 is 10.8 Å². The first-order chi connectivity index (χ1) is 7.68. The predicted molar refractivity (Wildman–Crippen MR) is 74.9 cm³/mol. The van der Waals surface area contributed by atoms with E-state index >= 15 is 0 Å². The fourth-order valence-corrected chi connectivity index (χ4v) is 2.33. The number of benzene rings is 1. The minimum Gasteiger partial charge on any atom is -0.481 e. The van der Waals surface area contributed by atoms with Crippen LogP contribution in [0.4, 0.5) is 5.69 Å². The smallest absolute Gasteiger partial charge is 0.303 e. The first-order valence-corrected chi connectivity index (χ1v) is 6.37. The highest BCUT2D eigenvalue weighted by Gasteiger charge is 1.97. The largest absolute Gasteiger partial charge is 0.481 e. The van der Waals surface area contributed by atoms with Crippen LogP contribution in [0.1, 0.15) is 25.7 Å². The van der Waals surface area contributed by atoms with Gasteiger partial charge >= 0.3 is 5.97 Å². The van der Waals surface area contributed by atoms with Gasteiger partial charge in [-0.2, -0.15) is 0 Å². The molecule has 5 heteroatoms. The van der Waals surface area contributed by atoms with Gasteiger partial charge in [0.2, 0.25) is 0 Å². The van der Waals surface area contributed by atoms with Crippen LogP contribution in [0.25, 0.3) is 0 Å². The lowest BCUT2D eigenvalue weighted by Crippen LogP contribution is -1.93. The van der Waals surface area contributed by atoms with Crippen LogP contribution >= 0.6 is 24.2 Å². The van der Waals surface area contributed by atoms with E-state index in [0.717, 1.165) is 30.7 Å². The van der Waals surface area contributed by atoms with Crippen molar-refractivity contribution in [2.45, 2.75) is 30.6 Å². The van der Waals surface area contributed by atoms with Gasteiger partial charge in [-0.1, -0.05) is 12.5 Å². The highest BCUT2D eigenvalue weighted by atomic mass is 35.5. The second kappa shape index (κ2) is 9.19. The van der Waals surface area contributed by atoms with Crippen LogP contribution in [0.15, 0.2) is 29.2 Å². The van der Waals surface area contributed by atoms with Crippen molar-refractivity contribution in [3.05, 3.63) is 24.3 Å². The van der Waals surface area contributed by atoms with Gasteiger partial charge in [-0.25, -0.2) is 0 Å². The molecule has 0 aliphatic carbocycles. The molecule has 1 rings (SSSR count). The van der Waals surface area contributed by atoms with E-state index in [2.05, 4.69) is 0 Å².